The van der Waals surface area contributed by atoms with E-state index < -0.39 is 37.2 Å². The van der Waals surface area contributed by atoms with Crippen molar-refractivity contribution in [2.45, 2.75) is 4.90 Å². The standard InChI is InChI=1S/C7H6FNO6S/c1-15-6-3-4(16(8,13)14)2-5(7(6)10)9(11)12/h2-3,10H,1H3. The molecule has 1 aromatic carbocycles. The van der Waals surface area contributed by atoms with Crippen LogP contribution in [0.15, 0.2) is 17.0 Å². The predicted molar refractivity (Wildman–Crippen MR) is 49.6 cm³/mol. The maximum atomic E-state index is 12.6. The number of nitro groups is 1. The number of benzene rings is 1. The van der Waals surface area contributed by atoms with Crippen molar-refractivity contribution >= 4 is 15.9 Å². The molecule has 0 heterocycles. The minimum Gasteiger partial charge on any atom is -0.500 e. The molecule has 1 aromatic rings. The van der Waals surface area contributed by atoms with Gasteiger partial charge >= 0.3 is 15.9 Å². The van der Waals surface area contributed by atoms with Crippen LogP contribution in [0.3, 0.4) is 0 Å². The summed E-state index contributed by atoms with van der Waals surface area (Å²) in [7, 11) is -4.05. The van der Waals surface area contributed by atoms with E-state index in [0.717, 1.165) is 7.11 Å². The van der Waals surface area contributed by atoms with Crippen LogP contribution in [0, 0.1) is 10.1 Å². The van der Waals surface area contributed by atoms with Crippen molar-refractivity contribution in [3.63, 3.8) is 0 Å². The molecule has 16 heavy (non-hydrogen) atoms. The molecule has 0 unspecified atom stereocenters. The first kappa shape index (κ1) is 12.2. The van der Waals surface area contributed by atoms with Crippen molar-refractivity contribution in [2.75, 3.05) is 7.11 Å². The molecular weight excluding hydrogens is 245 g/mol. The van der Waals surface area contributed by atoms with Gasteiger partial charge in [0.05, 0.1) is 12.0 Å². The van der Waals surface area contributed by atoms with E-state index in [4.69, 9.17) is 0 Å². The fourth-order valence-electron chi connectivity index (χ4n) is 1.00. The number of hydrogen-bond donors (Lipinski definition) is 1. The predicted octanol–water partition coefficient (Wildman–Crippen LogP) is 0.967. The molecule has 0 amide bonds. The number of phenols is 1. The Morgan fingerprint density at radius 2 is 2.06 bits per heavy atom. The van der Waals surface area contributed by atoms with Gasteiger partial charge in [-0.2, -0.15) is 8.42 Å². The molecule has 88 valence electrons. The Morgan fingerprint density at radius 3 is 2.44 bits per heavy atom. The summed E-state index contributed by atoms with van der Waals surface area (Å²) in [6.45, 7) is 0. The van der Waals surface area contributed by atoms with Gasteiger partial charge in [-0.15, -0.1) is 3.89 Å². The number of aromatic hydroxyl groups is 1. The first-order valence-electron chi connectivity index (χ1n) is 3.77. The summed E-state index contributed by atoms with van der Waals surface area (Å²) in [5.41, 5.74) is -0.949. The lowest BCUT2D eigenvalue weighted by atomic mass is 10.3. The second kappa shape index (κ2) is 3.93. The lowest BCUT2D eigenvalue weighted by Crippen LogP contribution is -1.98. The molecular formula is C7H6FNO6S. The summed E-state index contributed by atoms with van der Waals surface area (Å²) < 4.78 is 38.2. The lowest BCUT2D eigenvalue weighted by Gasteiger charge is -2.04. The van der Waals surface area contributed by atoms with Crippen molar-refractivity contribution < 1.29 is 27.1 Å². The minimum absolute atomic E-state index is 0.410. The normalized spacial score (nSPS) is 11.1. The number of ether oxygens (including phenoxy) is 1. The van der Waals surface area contributed by atoms with Crippen molar-refractivity contribution in [2.24, 2.45) is 0 Å². The summed E-state index contributed by atoms with van der Waals surface area (Å²) in [6.07, 6.45) is 0. The smallest absolute Gasteiger partial charge is 0.332 e. The van der Waals surface area contributed by atoms with E-state index >= 15 is 0 Å². The molecule has 0 radical (unpaired) electrons. The highest BCUT2D eigenvalue weighted by Crippen LogP contribution is 2.38. The molecule has 9 heteroatoms. The van der Waals surface area contributed by atoms with Crippen LogP contribution in [-0.4, -0.2) is 25.6 Å². The number of nitrogens with zero attached hydrogens (tertiary/aromatic N) is 1. The van der Waals surface area contributed by atoms with Crippen LogP contribution in [0.2, 0.25) is 0 Å². The number of phenolic OH excluding ortho intramolecular Hbond substituents is 1. The molecule has 0 saturated carbocycles. The average Bonchev–Trinajstić information content (AvgIpc) is 2.15. The van der Waals surface area contributed by atoms with Crippen LogP contribution in [0.25, 0.3) is 0 Å². The average molecular weight is 251 g/mol. The van der Waals surface area contributed by atoms with Crippen LogP contribution in [0.5, 0.6) is 11.5 Å². The number of halogens is 1. The van der Waals surface area contributed by atoms with E-state index in [0.29, 0.717) is 12.1 Å². The van der Waals surface area contributed by atoms with Crippen LogP contribution in [0.4, 0.5) is 9.57 Å². The van der Waals surface area contributed by atoms with Gasteiger partial charge in [-0.05, 0) is 0 Å². The minimum atomic E-state index is -5.10. The van der Waals surface area contributed by atoms with E-state index in [2.05, 4.69) is 4.74 Å². The number of rotatable bonds is 3. The Kier molecular flexibility index (Phi) is 2.99. The Labute approximate surface area is 89.4 Å². The summed E-state index contributed by atoms with van der Waals surface area (Å²) in [4.78, 5) is 8.44. The highest BCUT2D eigenvalue weighted by molar-refractivity contribution is 7.86. The van der Waals surface area contributed by atoms with Crippen molar-refractivity contribution in [3.05, 3.63) is 22.2 Å². The van der Waals surface area contributed by atoms with E-state index in [1.807, 2.05) is 0 Å². The second-order valence-corrected chi connectivity index (χ2v) is 4.04. The van der Waals surface area contributed by atoms with E-state index in [9.17, 15) is 27.5 Å². The zero-order valence-electron chi connectivity index (χ0n) is 7.88. The van der Waals surface area contributed by atoms with Gasteiger partial charge in [-0.25, -0.2) is 0 Å². The molecule has 0 aliphatic carbocycles. The summed E-state index contributed by atoms with van der Waals surface area (Å²) >= 11 is 0. The Hall–Kier alpha value is -1.90. The quantitative estimate of drug-likeness (QED) is 0.487. The second-order valence-electron chi connectivity index (χ2n) is 2.69. The number of nitro benzene ring substituents is 1. The van der Waals surface area contributed by atoms with E-state index in [1.54, 1.807) is 0 Å². The van der Waals surface area contributed by atoms with Crippen molar-refractivity contribution in [1.82, 2.24) is 0 Å². The van der Waals surface area contributed by atoms with Crippen LogP contribution >= 0.6 is 0 Å². The molecule has 0 aliphatic rings. The third kappa shape index (κ3) is 2.19. The zero-order valence-corrected chi connectivity index (χ0v) is 8.69. The van der Waals surface area contributed by atoms with Gasteiger partial charge in [-0.1, -0.05) is 0 Å². The fraction of sp³-hybridized carbons (Fsp3) is 0.143. The molecule has 0 atom stereocenters. The third-order valence-electron chi connectivity index (χ3n) is 1.73. The molecule has 0 aliphatic heterocycles. The van der Waals surface area contributed by atoms with Crippen LogP contribution in [0.1, 0.15) is 0 Å². The molecule has 0 saturated heterocycles. The molecule has 7 nitrogen and oxygen atoms in total. The SMILES string of the molecule is COc1cc(S(=O)(=O)F)cc([N+](=O)[O-])c1O. The summed E-state index contributed by atoms with van der Waals surface area (Å²) in [5.74, 6) is -1.36. The van der Waals surface area contributed by atoms with Crippen molar-refractivity contribution in [3.8, 4) is 11.5 Å². The number of methoxy groups -OCH3 is 1. The largest absolute Gasteiger partial charge is 0.500 e. The molecule has 0 aromatic heterocycles. The zero-order chi connectivity index (χ0) is 12.5. The third-order valence-corrected chi connectivity index (χ3v) is 2.53. The van der Waals surface area contributed by atoms with Crippen LogP contribution in [-0.2, 0) is 10.2 Å². The molecule has 0 fully saturated rings. The van der Waals surface area contributed by atoms with Gasteiger partial charge in [0.25, 0.3) is 0 Å². The summed E-state index contributed by atoms with van der Waals surface area (Å²) in [6, 6.07) is 1.06. The Bertz CT molecular complexity index is 540. The first-order valence-corrected chi connectivity index (χ1v) is 5.15. The summed E-state index contributed by atoms with van der Waals surface area (Å²) in [5, 5.41) is 19.7. The van der Waals surface area contributed by atoms with Gasteiger partial charge in [0.1, 0.15) is 4.90 Å². The fourth-order valence-corrected chi connectivity index (χ4v) is 1.50. The van der Waals surface area contributed by atoms with Gasteiger partial charge in [-0.3, -0.25) is 10.1 Å². The molecule has 0 bridgehead atoms. The number of hydrogen-bond acceptors (Lipinski definition) is 6. The van der Waals surface area contributed by atoms with E-state index in [1.165, 1.54) is 0 Å². The maximum absolute atomic E-state index is 12.6. The maximum Gasteiger partial charge on any atom is 0.332 e. The molecule has 0 spiro atoms. The van der Waals surface area contributed by atoms with Gasteiger partial charge in [0.2, 0.25) is 5.75 Å². The Morgan fingerprint density at radius 1 is 1.50 bits per heavy atom. The lowest BCUT2D eigenvalue weighted by molar-refractivity contribution is -0.386. The topological polar surface area (TPSA) is 107 Å². The van der Waals surface area contributed by atoms with Crippen LogP contribution < -0.4 is 4.74 Å². The monoisotopic (exact) mass is 251 g/mol. The Balaban J connectivity index is 3.59. The molecule has 1 rings (SSSR count). The van der Waals surface area contributed by atoms with Gasteiger partial charge in [0.15, 0.2) is 5.75 Å². The molecule has 1 N–H and O–H groups in total. The highest BCUT2D eigenvalue weighted by Gasteiger charge is 2.25. The van der Waals surface area contributed by atoms with Crippen molar-refractivity contribution in [1.29, 1.82) is 0 Å². The van der Waals surface area contributed by atoms with E-state index in [-0.39, 0.29) is 0 Å². The first-order chi connectivity index (χ1) is 7.27. The van der Waals surface area contributed by atoms with Gasteiger partial charge < -0.3 is 9.84 Å². The van der Waals surface area contributed by atoms with Gasteiger partial charge in [0, 0.05) is 12.1 Å². The highest BCUT2D eigenvalue weighted by atomic mass is 32.3.